The van der Waals surface area contributed by atoms with Crippen LogP contribution in [0.1, 0.15) is 5.76 Å². The van der Waals surface area contributed by atoms with Gasteiger partial charge in [-0.1, -0.05) is 48.5 Å². The highest BCUT2D eigenvalue weighted by molar-refractivity contribution is 5.96. The van der Waals surface area contributed by atoms with Crippen LogP contribution in [-0.2, 0) is 6.54 Å². The first kappa shape index (κ1) is 16.2. The monoisotopic (exact) mass is 369 g/mol. The maximum absolute atomic E-state index is 12.6. The third-order valence-corrected chi connectivity index (χ3v) is 4.72. The summed E-state index contributed by atoms with van der Waals surface area (Å²) in [7, 11) is 0. The van der Waals surface area contributed by atoms with Crippen molar-refractivity contribution in [3.8, 4) is 11.1 Å². The number of benzene rings is 2. The van der Waals surface area contributed by atoms with E-state index in [0.717, 1.165) is 16.5 Å². The zero-order valence-corrected chi connectivity index (χ0v) is 14.7. The smallest absolute Gasteiger partial charge is 0.343 e. The van der Waals surface area contributed by atoms with Crippen LogP contribution in [0.15, 0.2) is 76.5 Å². The highest BCUT2D eigenvalue weighted by Crippen LogP contribution is 2.31. The van der Waals surface area contributed by atoms with Gasteiger partial charge in [-0.15, -0.1) is 0 Å². The van der Waals surface area contributed by atoms with Crippen LogP contribution in [-0.4, -0.2) is 19.5 Å². The van der Waals surface area contributed by atoms with Crippen molar-refractivity contribution in [3.05, 3.63) is 83.4 Å². The van der Waals surface area contributed by atoms with Gasteiger partial charge in [-0.05, 0) is 11.6 Å². The van der Waals surface area contributed by atoms with Gasteiger partial charge in [-0.25, -0.2) is 19.7 Å². The number of nitrogens with zero attached hydrogens (tertiary/aromatic N) is 4. The van der Waals surface area contributed by atoms with E-state index in [1.54, 1.807) is 17.0 Å². The Morgan fingerprint density at radius 1 is 0.929 bits per heavy atom. The zero-order chi connectivity index (χ0) is 19.1. The van der Waals surface area contributed by atoms with E-state index >= 15 is 0 Å². The van der Waals surface area contributed by atoms with Crippen molar-refractivity contribution >= 4 is 27.8 Å². The summed E-state index contributed by atoms with van der Waals surface area (Å²) in [6, 6.07) is 17.3. The van der Waals surface area contributed by atoms with Crippen LogP contribution in [0, 0.1) is 0 Å². The fraction of sp³-hybridized carbons (Fsp3) is 0.0476. The maximum Gasteiger partial charge on any atom is 0.343 e. The molecular weight excluding hydrogens is 354 g/mol. The minimum atomic E-state index is -0.371. The third kappa shape index (κ3) is 2.52. The van der Waals surface area contributed by atoms with Crippen LogP contribution < -0.4 is 11.4 Å². The molecule has 28 heavy (non-hydrogen) atoms. The maximum atomic E-state index is 12.6. The van der Waals surface area contributed by atoms with Gasteiger partial charge in [0, 0.05) is 10.9 Å². The molecule has 136 valence electrons. The highest BCUT2D eigenvalue weighted by Gasteiger charge is 2.17. The fourth-order valence-corrected chi connectivity index (χ4v) is 3.45. The van der Waals surface area contributed by atoms with E-state index in [4.69, 9.17) is 10.2 Å². The van der Waals surface area contributed by atoms with Gasteiger partial charge >= 0.3 is 5.63 Å². The number of aromatic nitrogens is 4. The van der Waals surface area contributed by atoms with E-state index in [0.29, 0.717) is 28.1 Å². The van der Waals surface area contributed by atoms with Crippen molar-refractivity contribution < 1.29 is 4.42 Å². The van der Waals surface area contributed by atoms with Crippen LogP contribution in [0.5, 0.6) is 0 Å². The standard InChI is InChI=1S/C21H15N5O2/c22-19-18-20(24-11-23-19)26(12-25-18)10-16-17(13-6-2-1-3-7-13)14-8-4-5-9-15(14)21(27)28-16/h1-9,11-12H,10H2,(H2,22,23,24). The molecular formula is C21H15N5O2. The second kappa shape index (κ2) is 6.31. The van der Waals surface area contributed by atoms with Crippen molar-refractivity contribution in [2.24, 2.45) is 0 Å². The summed E-state index contributed by atoms with van der Waals surface area (Å²) in [5, 5.41) is 1.39. The quantitative estimate of drug-likeness (QED) is 0.524. The number of rotatable bonds is 3. The molecule has 5 rings (SSSR count). The van der Waals surface area contributed by atoms with Crippen molar-refractivity contribution in [1.29, 1.82) is 0 Å². The molecule has 0 aliphatic carbocycles. The van der Waals surface area contributed by atoms with Crippen LogP contribution >= 0.6 is 0 Å². The number of nitrogens with two attached hydrogens (primary N) is 1. The third-order valence-electron chi connectivity index (χ3n) is 4.72. The van der Waals surface area contributed by atoms with Gasteiger partial charge in [0.15, 0.2) is 11.5 Å². The molecule has 0 saturated carbocycles. The van der Waals surface area contributed by atoms with Gasteiger partial charge in [0.2, 0.25) is 0 Å². The normalized spacial score (nSPS) is 11.3. The second-order valence-electron chi connectivity index (χ2n) is 6.40. The average molecular weight is 369 g/mol. The number of hydrogen-bond acceptors (Lipinski definition) is 6. The summed E-state index contributed by atoms with van der Waals surface area (Å²) in [6.07, 6.45) is 3.02. The summed E-state index contributed by atoms with van der Waals surface area (Å²) in [5.41, 5.74) is 8.46. The minimum absolute atomic E-state index is 0.289. The molecule has 0 atom stereocenters. The molecule has 2 N–H and O–H groups in total. The lowest BCUT2D eigenvalue weighted by Gasteiger charge is -2.12. The number of fused-ring (bicyclic) bond motifs is 2. The van der Waals surface area contributed by atoms with Crippen LogP contribution in [0.25, 0.3) is 33.1 Å². The van der Waals surface area contributed by atoms with Crippen molar-refractivity contribution in [2.75, 3.05) is 5.73 Å². The fourth-order valence-electron chi connectivity index (χ4n) is 3.45. The lowest BCUT2D eigenvalue weighted by Crippen LogP contribution is -2.09. The molecule has 5 aromatic rings. The van der Waals surface area contributed by atoms with E-state index in [2.05, 4.69) is 15.0 Å². The lowest BCUT2D eigenvalue weighted by atomic mass is 9.98. The summed E-state index contributed by atoms with van der Waals surface area (Å²) >= 11 is 0. The Labute approximate surface area is 159 Å². The van der Waals surface area contributed by atoms with Crippen LogP contribution in [0.3, 0.4) is 0 Å². The number of imidazole rings is 1. The second-order valence-corrected chi connectivity index (χ2v) is 6.40. The molecule has 7 nitrogen and oxygen atoms in total. The van der Waals surface area contributed by atoms with E-state index < -0.39 is 0 Å². The SMILES string of the molecule is Nc1ncnc2c1ncn2Cc1oc(=O)c2ccccc2c1-c1ccccc1. The van der Waals surface area contributed by atoms with Crippen molar-refractivity contribution in [1.82, 2.24) is 19.5 Å². The molecule has 7 heteroatoms. The van der Waals surface area contributed by atoms with Gasteiger partial charge in [-0.2, -0.15) is 0 Å². The Morgan fingerprint density at radius 3 is 2.50 bits per heavy atom. The van der Waals surface area contributed by atoms with Gasteiger partial charge in [0.25, 0.3) is 0 Å². The summed E-state index contributed by atoms with van der Waals surface area (Å²) in [6.45, 7) is 0.289. The molecule has 0 saturated heterocycles. The molecule has 0 bridgehead atoms. The zero-order valence-electron chi connectivity index (χ0n) is 14.7. The van der Waals surface area contributed by atoms with Crippen LogP contribution in [0.4, 0.5) is 5.82 Å². The van der Waals surface area contributed by atoms with Crippen molar-refractivity contribution in [2.45, 2.75) is 6.54 Å². The Bertz CT molecular complexity index is 1370. The predicted octanol–water partition coefficient (Wildman–Crippen LogP) is 3.23. The molecule has 3 aromatic heterocycles. The first-order chi connectivity index (χ1) is 13.7. The Kier molecular flexibility index (Phi) is 3.65. The van der Waals surface area contributed by atoms with E-state index in [9.17, 15) is 4.79 Å². The molecule has 3 heterocycles. The van der Waals surface area contributed by atoms with E-state index in [1.807, 2.05) is 48.5 Å². The van der Waals surface area contributed by atoms with Crippen molar-refractivity contribution in [3.63, 3.8) is 0 Å². The predicted molar refractivity (Wildman–Crippen MR) is 107 cm³/mol. The lowest BCUT2D eigenvalue weighted by molar-refractivity contribution is 0.458. The van der Waals surface area contributed by atoms with Gasteiger partial charge in [-0.3, -0.25) is 0 Å². The molecule has 0 spiro atoms. The topological polar surface area (TPSA) is 99.8 Å². The Hall–Kier alpha value is -4.00. The number of hydrogen-bond donors (Lipinski definition) is 1. The Morgan fingerprint density at radius 2 is 1.68 bits per heavy atom. The summed E-state index contributed by atoms with van der Waals surface area (Å²) in [5.74, 6) is 0.846. The van der Waals surface area contributed by atoms with E-state index in [1.165, 1.54) is 6.33 Å². The summed E-state index contributed by atoms with van der Waals surface area (Å²) in [4.78, 5) is 25.1. The highest BCUT2D eigenvalue weighted by atomic mass is 16.4. The van der Waals surface area contributed by atoms with Crippen LogP contribution in [0.2, 0.25) is 0 Å². The average Bonchev–Trinajstić information content (AvgIpc) is 3.13. The minimum Gasteiger partial charge on any atom is -0.425 e. The first-order valence-electron chi connectivity index (χ1n) is 8.74. The molecule has 0 amide bonds. The first-order valence-corrected chi connectivity index (χ1v) is 8.74. The molecule has 0 fully saturated rings. The number of anilines is 1. The largest absolute Gasteiger partial charge is 0.425 e. The Balaban J connectivity index is 1.77. The van der Waals surface area contributed by atoms with E-state index in [-0.39, 0.29) is 12.2 Å². The molecule has 0 aliphatic heterocycles. The van der Waals surface area contributed by atoms with Gasteiger partial charge in [0.05, 0.1) is 18.3 Å². The van der Waals surface area contributed by atoms with Gasteiger partial charge < -0.3 is 14.7 Å². The molecule has 2 aromatic carbocycles. The van der Waals surface area contributed by atoms with Gasteiger partial charge in [0.1, 0.15) is 17.6 Å². The number of nitrogen functional groups attached to an aromatic ring is 1. The molecule has 0 unspecified atom stereocenters. The molecule has 0 radical (unpaired) electrons. The molecule has 0 aliphatic rings. The summed E-state index contributed by atoms with van der Waals surface area (Å²) < 4.78 is 7.55.